The van der Waals surface area contributed by atoms with E-state index in [1.165, 1.54) is 0 Å². The average molecular weight is 260 g/mol. The van der Waals surface area contributed by atoms with Gasteiger partial charge in [-0.1, -0.05) is 0 Å². The minimum absolute atomic E-state index is 0.256. The van der Waals surface area contributed by atoms with Gasteiger partial charge in [0.1, 0.15) is 0 Å². The van der Waals surface area contributed by atoms with E-state index < -0.39 is 5.95 Å². The average Bonchev–Trinajstić information content (AvgIpc) is 2.23. The maximum atomic E-state index is 13.1. The Morgan fingerprint density at radius 2 is 2.36 bits per heavy atom. The van der Waals surface area contributed by atoms with Crippen molar-refractivity contribution in [1.82, 2.24) is 4.98 Å². The zero-order valence-electron chi connectivity index (χ0n) is 7.67. The molecule has 4 heteroatoms. The summed E-state index contributed by atoms with van der Waals surface area (Å²) < 4.78 is 18.9. The maximum Gasteiger partial charge on any atom is 0.227 e. The molecule has 1 saturated heterocycles. The molecule has 0 aromatic carbocycles. The quantitative estimate of drug-likeness (QED) is 0.724. The first-order valence-corrected chi connectivity index (χ1v) is 5.46. The Bertz CT molecular complexity index is 326. The van der Waals surface area contributed by atoms with Crippen LogP contribution in [-0.4, -0.2) is 18.2 Å². The molecule has 1 aliphatic rings. The Morgan fingerprint density at radius 3 is 3.00 bits per heavy atom. The molecule has 2 heterocycles. The summed E-state index contributed by atoms with van der Waals surface area (Å²) in [5.41, 5.74) is 0.797. The molecule has 0 spiro atoms. The molecule has 1 aliphatic heterocycles. The van der Waals surface area contributed by atoms with Crippen molar-refractivity contribution in [3.8, 4) is 0 Å². The van der Waals surface area contributed by atoms with Gasteiger partial charge in [0.05, 0.1) is 11.1 Å². The van der Waals surface area contributed by atoms with Crippen molar-refractivity contribution in [1.29, 1.82) is 0 Å². The monoisotopic (exact) mass is 259 g/mol. The normalized spacial score (nSPS) is 22.3. The third-order valence-electron chi connectivity index (χ3n) is 2.40. The molecule has 1 aromatic heterocycles. The lowest BCUT2D eigenvalue weighted by atomic mass is 9.98. The minimum Gasteiger partial charge on any atom is -0.381 e. The van der Waals surface area contributed by atoms with Gasteiger partial charge in [0.25, 0.3) is 0 Å². The van der Waals surface area contributed by atoms with Crippen molar-refractivity contribution in [2.45, 2.75) is 18.8 Å². The van der Waals surface area contributed by atoms with Gasteiger partial charge in [0, 0.05) is 18.2 Å². The first kappa shape index (κ1) is 10.1. The van der Waals surface area contributed by atoms with Crippen molar-refractivity contribution in [2.75, 3.05) is 13.2 Å². The molecule has 0 saturated carbocycles. The molecule has 0 bridgehead atoms. The fraction of sp³-hybridized carbons (Fsp3) is 0.500. The van der Waals surface area contributed by atoms with Gasteiger partial charge in [-0.15, -0.1) is 0 Å². The highest BCUT2D eigenvalue weighted by atomic mass is 79.9. The Kier molecular flexibility index (Phi) is 3.13. The highest BCUT2D eigenvalue weighted by Crippen LogP contribution is 2.25. The molecule has 14 heavy (non-hydrogen) atoms. The van der Waals surface area contributed by atoms with E-state index in [2.05, 4.69) is 20.9 Å². The number of ether oxygens (including phenoxy) is 1. The lowest BCUT2D eigenvalue weighted by molar-refractivity contribution is 0.0791. The van der Waals surface area contributed by atoms with E-state index in [1.54, 1.807) is 6.07 Å². The number of nitrogens with zero attached hydrogens (tertiary/aromatic N) is 1. The van der Waals surface area contributed by atoms with Gasteiger partial charge >= 0.3 is 0 Å². The molecular weight excluding hydrogens is 249 g/mol. The summed E-state index contributed by atoms with van der Waals surface area (Å²) >= 11 is 3.08. The Hall–Kier alpha value is -0.480. The lowest BCUT2D eigenvalue weighted by Crippen LogP contribution is -2.16. The van der Waals surface area contributed by atoms with Crippen molar-refractivity contribution < 1.29 is 9.13 Å². The van der Waals surface area contributed by atoms with Gasteiger partial charge in [-0.2, -0.15) is 4.39 Å². The summed E-state index contributed by atoms with van der Waals surface area (Å²) in [5.74, 6) is -0.181. The van der Waals surface area contributed by atoms with E-state index >= 15 is 0 Å². The molecule has 2 rings (SSSR count). The van der Waals surface area contributed by atoms with Crippen LogP contribution in [0.15, 0.2) is 16.6 Å². The largest absolute Gasteiger partial charge is 0.381 e. The standard InChI is InChI=1S/C10H11BrFNO/c11-8-3-4-9(13-10(8)12)7-2-1-5-14-6-7/h3-4,7H,1-2,5-6H2. The molecule has 0 radical (unpaired) electrons. The van der Waals surface area contributed by atoms with Gasteiger partial charge in [0.15, 0.2) is 0 Å². The minimum atomic E-state index is -0.437. The second-order valence-corrected chi connectivity index (χ2v) is 4.28. The Labute approximate surface area is 90.6 Å². The zero-order chi connectivity index (χ0) is 9.97. The van der Waals surface area contributed by atoms with Crippen LogP contribution in [0.1, 0.15) is 24.5 Å². The highest BCUT2D eigenvalue weighted by Gasteiger charge is 2.18. The van der Waals surface area contributed by atoms with Gasteiger partial charge < -0.3 is 4.74 Å². The summed E-state index contributed by atoms with van der Waals surface area (Å²) in [5, 5.41) is 0. The van der Waals surface area contributed by atoms with Crippen LogP contribution in [0.3, 0.4) is 0 Å². The van der Waals surface area contributed by atoms with Crippen LogP contribution in [0.5, 0.6) is 0 Å². The van der Waals surface area contributed by atoms with Gasteiger partial charge in [-0.05, 0) is 40.9 Å². The van der Waals surface area contributed by atoms with Crippen LogP contribution >= 0.6 is 15.9 Å². The SMILES string of the molecule is Fc1nc(C2CCCOC2)ccc1Br. The van der Waals surface area contributed by atoms with Crippen LogP contribution in [0.25, 0.3) is 0 Å². The van der Waals surface area contributed by atoms with Crippen molar-refractivity contribution >= 4 is 15.9 Å². The zero-order valence-corrected chi connectivity index (χ0v) is 9.26. The first-order valence-electron chi connectivity index (χ1n) is 4.67. The predicted molar refractivity (Wildman–Crippen MR) is 54.7 cm³/mol. The van der Waals surface area contributed by atoms with Gasteiger partial charge in [-0.3, -0.25) is 0 Å². The van der Waals surface area contributed by atoms with Crippen LogP contribution in [0, 0.1) is 5.95 Å². The van der Waals surface area contributed by atoms with Crippen LogP contribution in [-0.2, 0) is 4.74 Å². The summed E-state index contributed by atoms with van der Waals surface area (Å²) in [6.45, 7) is 1.48. The van der Waals surface area contributed by atoms with Crippen molar-refractivity contribution in [2.24, 2.45) is 0 Å². The fourth-order valence-corrected chi connectivity index (χ4v) is 1.85. The fourth-order valence-electron chi connectivity index (χ4n) is 1.63. The van der Waals surface area contributed by atoms with Gasteiger partial charge in [-0.25, -0.2) is 4.98 Å². The number of halogens is 2. The number of hydrogen-bond donors (Lipinski definition) is 0. The van der Waals surface area contributed by atoms with Gasteiger partial charge in [0.2, 0.25) is 5.95 Å². The molecule has 2 nitrogen and oxygen atoms in total. The molecule has 1 atom stereocenters. The molecule has 1 aromatic rings. The first-order chi connectivity index (χ1) is 6.77. The van der Waals surface area contributed by atoms with Crippen LogP contribution in [0.2, 0.25) is 0 Å². The Morgan fingerprint density at radius 1 is 1.50 bits per heavy atom. The summed E-state index contributed by atoms with van der Waals surface area (Å²) in [6, 6.07) is 3.55. The van der Waals surface area contributed by atoms with E-state index in [1.807, 2.05) is 6.07 Å². The summed E-state index contributed by atoms with van der Waals surface area (Å²) in [7, 11) is 0. The molecular formula is C10H11BrFNO. The smallest absolute Gasteiger partial charge is 0.227 e. The van der Waals surface area contributed by atoms with Crippen LogP contribution < -0.4 is 0 Å². The Balaban J connectivity index is 2.18. The second kappa shape index (κ2) is 4.36. The second-order valence-electron chi connectivity index (χ2n) is 3.42. The van der Waals surface area contributed by atoms with E-state index in [-0.39, 0.29) is 5.92 Å². The van der Waals surface area contributed by atoms with Crippen molar-refractivity contribution in [3.63, 3.8) is 0 Å². The highest BCUT2D eigenvalue weighted by molar-refractivity contribution is 9.10. The number of aromatic nitrogens is 1. The molecule has 1 unspecified atom stereocenters. The van der Waals surface area contributed by atoms with E-state index in [4.69, 9.17) is 4.74 Å². The molecule has 76 valence electrons. The maximum absolute atomic E-state index is 13.1. The third kappa shape index (κ3) is 2.12. The molecule has 0 N–H and O–H groups in total. The predicted octanol–water partition coefficient (Wildman–Crippen LogP) is 2.88. The number of rotatable bonds is 1. The topological polar surface area (TPSA) is 22.1 Å². The molecule has 0 aliphatic carbocycles. The number of hydrogen-bond acceptors (Lipinski definition) is 2. The molecule has 0 amide bonds. The van der Waals surface area contributed by atoms with E-state index in [0.717, 1.165) is 25.1 Å². The lowest BCUT2D eigenvalue weighted by Gasteiger charge is -2.21. The van der Waals surface area contributed by atoms with Crippen molar-refractivity contribution in [3.05, 3.63) is 28.2 Å². The van der Waals surface area contributed by atoms with E-state index in [9.17, 15) is 4.39 Å². The summed E-state index contributed by atoms with van der Waals surface area (Å²) in [4.78, 5) is 3.90. The molecule has 1 fully saturated rings. The third-order valence-corrected chi connectivity index (χ3v) is 2.99. The number of pyridine rings is 1. The van der Waals surface area contributed by atoms with Crippen LogP contribution in [0.4, 0.5) is 4.39 Å². The van der Waals surface area contributed by atoms with E-state index in [0.29, 0.717) is 11.1 Å². The summed E-state index contributed by atoms with van der Waals surface area (Å²) in [6.07, 6.45) is 2.07.